The van der Waals surface area contributed by atoms with Crippen molar-refractivity contribution in [1.82, 2.24) is 0 Å². The van der Waals surface area contributed by atoms with Crippen LogP contribution in [-0.4, -0.2) is 19.0 Å². The van der Waals surface area contributed by atoms with Crippen molar-refractivity contribution >= 4 is 17.2 Å². The molecule has 0 radical (unpaired) electrons. The Hall–Kier alpha value is -3.27. The van der Waals surface area contributed by atoms with Crippen molar-refractivity contribution < 1.29 is 14.5 Å². The highest BCUT2D eigenvalue weighted by molar-refractivity contribution is 6.04. The van der Waals surface area contributed by atoms with Gasteiger partial charge in [0, 0.05) is 0 Å². The average molecular weight is 375 g/mol. The second-order valence-electron chi connectivity index (χ2n) is 6.41. The third-order valence-electron chi connectivity index (χ3n) is 4.21. The van der Waals surface area contributed by atoms with Crippen LogP contribution in [-0.2, 0) is 0 Å². The number of benzene rings is 3. The number of amidine groups is 1. The lowest BCUT2D eigenvalue weighted by Gasteiger charge is -2.07. The Morgan fingerprint density at radius 3 is 1.82 bits per heavy atom. The normalized spacial score (nSPS) is 11.2. The van der Waals surface area contributed by atoms with Crippen molar-refractivity contribution in [3.63, 3.8) is 0 Å². The number of aryl methyl sites for hydroxylation is 1. The largest absolute Gasteiger partial charge is 0.494 e. The van der Waals surface area contributed by atoms with Gasteiger partial charge < -0.3 is 9.47 Å². The van der Waals surface area contributed by atoms with Crippen molar-refractivity contribution in [2.45, 2.75) is 20.8 Å². The van der Waals surface area contributed by atoms with Crippen LogP contribution < -0.4 is 19.8 Å². The average Bonchev–Trinajstić information content (AvgIpc) is 2.71. The maximum absolute atomic E-state index is 5.53. The van der Waals surface area contributed by atoms with E-state index in [-0.39, 0.29) is 0 Å². The molecule has 0 heterocycles. The Labute approximate surface area is 166 Å². The van der Waals surface area contributed by atoms with Crippen LogP contribution in [0.3, 0.4) is 0 Å². The molecule has 3 rings (SSSR count). The topological polar surface area (TPSA) is 44.5 Å². The summed E-state index contributed by atoms with van der Waals surface area (Å²) < 4.78 is 11.1. The van der Waals surface area contributed by atoms with Gasteiger partial charge in [-0.1, -0.05) is 17.7 Å². The molecule has 0 aliphatic rings. The first-order valence-electron chi connectivity index (χ1n) is 9.61. The van der Waals surface area contributed by atoms with Crippen LogP contribution in [0.15, 0.2) is 72.8 Å². The fraction of sp³-hybridized carbons (Fsp3) is 0.208. The van der Waals surface area contributed by atoms with E-state index in [1.54, 1.807) is 0 Å². The quantitative estimate of drug-likeness (QED) is 0.483. The molecule has 0 fully saturated rings. The van der Waals surface area contributed by atoms with Crippen molar-refractivity contribution in [3.05, 3.63) is 83.9 Å². The molecule has 2 N–H and O–H groups in total. The lowest BCUT2D eigenvalue weighted by molar-refractivity contribution is -0.353. The number of ether oxygens (including phenoxy) is 2. The molecule has 4 nitrogen and oxygen atoms in total. The summed E-state index contributed by atoms with van der Waals surface area (Å²) in [6, 6.07) is 24.3. The molecule has 4 heteroatoms. The summed E-state index contributed by atoms with van der Waals surface area (Å²) in [5.41, 5.74) is 4.27. The first-order valence-corrected chi connectivity index (χ1v) is 9.61. The molecular weight excluding hydrogens is 348 g/mol. The second-order valence-corrected chi connectivity index (χ2v) is 6.41. The van der Waals surface area contributed by atoms with Crippen LogP contribution in [0, 0.1) is 6.92 Å². The zero-order valence-electron chi connectivity index (χ0n) is 16.7. The van der Waals surface area contributed by atoms with Gasteiger partial charge in [-0.2, -0.15) is 0 Å². The Kier molecular flexibility index (Phi) is 6.68. The Balaban J connectivity index is 1.89. The van der Waals surface area contributed by atoms with Gasteiger partial charge in [-0.25, -0.2) is 10.3 Å². The Morgan fingerprint density at radius 1 is 0.750 bits per heavy atom. The van der Waals surface area contributed by atoms with E-state index in [2.05, 4.69) is 41.5 Å². The summed E-state index contributed by atoms with van der Waals surface area (Å²) in [5.74, 6) is 2.64. The second kappa shape index (κ2) is 9.60. The molecule has 3 aromatic carbocycles. The van der Waals surface area contributed by atoms with Crippen molar-refractivity contribution in [3.8, 4) is 11.5 Å². The Morgan fingerprint density at radius 2 is 1.29 bits per heavy atom. The molecule has 28 heavy (non-hydrogen) atoms. The van der Waals surface area contributed by atoms with Crippen LogP contribution in [0.25, 0.3) is 0 Å². The maximum atomic E-state index is 5.53. The van der Waals surface area contributed by atoms with Crippen LogP contribution in [0.2, 0.25) is 0 Å². The van der Waals surface area contributed by atoms with E-state index in [0.717, 1.165) is 34.3 Å². The van der Waals surface area contributed by atoms with Crippen LogP contribution >= 0.6 is 0 Å². The Bertz CT molecular complexity index is 899. The third-order valence-corrected chi connectivity index (χ3v) is 4.21. The smallest absolute Gasteiger partial charge is 0.285 e. The van der Waals surface area contributed by atoms with Gasteiger partial charge in [0.1, 0.15) is 22.9 Å². The zero-order valence-corrected chi connectivity index (χ0v) is 16.7. The summed E-state index contributed by atoms with van der Waals surface area (Å²) in [6.07, 6.45) is 0. The first-order chi connectivity index (χ1) is 13.7. The molecule has 0 saturated carbocycles. The van der Waals surface area contributed by atoms with Gasteiger partial charge in [0.15, 0.2) is 0 Å². The maximum Gasteiger partial charge on any atom is 0.285 e. The summed E-state index contributed by atoms with van der Waals surface area (Å²) in [4.78, 5) is 3.49. The monoisotopic (exact) mass is 375 g/mol. The van der Waals surface area contributed by atoms with Crippen molar-refractivity contribution in [2.75, 3.05) is 18.5 Å². The molecule has 144 valence electrons. The minimum absolute atomic E-state index is 0.660. The highest BCUT2D eigenvalue weighted by atomic mass is 16.5. The molecular formula is C24H27N2O2+. The number of hydrogen-bond acceptors (Lipinski definition) is 2. The van der Waals surface area contributed by atoms with Gasteiger partial charge in [0.05, 0.1) is 18.8 Å². The SMILES string of the molecule is CCOc1ccc(NC(=[NH+]c2ccc(OCC)cc2)c2ccc(C)cc2)cc1. The summed E-state index contributed by atoms with van der Waals surface area (Å²) >= 11 is 0. The predicted octanol–water partition coefficient (Wildman–Crippen LogP) is 4.06. The molecule has 0 aromatic heterocycles. The molecule has 0 atom stereocenters. The van der Waals surface area contributed by atoms with Gasteiger partial charge >= 0.3 is 0 Å². The summed E-state index contributed by atoms with van der Waals surface area (Å²) in [5, 5.41) is 3.49. The van der Waals surface area contributed by atoms with E-state index < -0.39 is 0 Å². The van der Waals surface area contributed by atoms with Crippen molar-refractivity contribution in [2.24, 2.45) is 0 Å². The minimum atomic E-state index is 0.660. The molecule has 0 amide bonds. The number of nitrogens with one attached hydrogen (secondary N) is 2. The lowest BCUT2D eigenvalue weighted by atomic mass is 10.1. The van der Waals surface area contributed by atoms with Gasteiger partial charge in [-0.3, -0.25) is 0 Å². The first kappa shape index (κ1) is 19.5. The van der Waals surface area contributed by atoms with Crippen molar-refractivity contribution in [1.29, 1.82) is 0 Å². The predicted molar refractivity (Wildman–Crippen MR) is 115 cm³/mol. The molecule has 0 aliphatic carbocycles. The molecule has 0 saturated heterocycles. The fourth-order valence-electron chi connectivity index (χ4n) is 2.79. The molecule has 0 unspecified atom stereocenters. The lowest BCUT2D eigenvalue weighted by Crippen LogP contribution is -2.68. The molecule has 0 spiro atoms. The van der Waals surface area contributed by atoms with E-state index >= 15 is 0 Å². The van der Waals surface area contributed by atoms with E-state index in [0.29, 0.717) is 13.2 Å². The third kappa shape index (κ3) is 5.36. The highest BCUT2D eigenvalue weighted by Crippen LogP contribution is 2.17. The highest BCUT2D eigenvalue weighted by Gasteiger charge is 2.12. The van der Waals surface area contributed by atoms with Crippen LogP contribution in [0.5, 0.6) is 11.5 Å². The van der Waals surface area contributed by atoms with E-state index in [1.807, 2.05) is 62.4 Å². The minimum Gasteiger partial charge on any atom is -0.494 e. The number of rotatable bonds is 7. The van der Waals surface area contributed by atoms with E-state index in [1.165, 1.54) is 5.56 Å². The summed E-state index contributed by atoms with van der Waals surface area (Å²) in [6.45, 7) is 7.37. The van der Waals surface area contributed by atoms with Crippen LogP contribution in [0.4, 0.5) is 11.4 Å². The standard InChI is InChI=1S/C24H26N2O2/c1-4-27-22-14-10-20(11-15-22)25-24(19-8-6-18(3)7-9-19)26-21-12-16-23(17-13-21)28-5-2/h6-17H,4-5H2,1-3H3,(H,25,26)/p+1. The summed E-state index contributed by atoms with van der Waals surface area (Å²) in [7, 11) is 0. The van der Waals surface area contributed by atoms with Gasteiger partial charge in [0.2, 0.25) is 0 Å². The fourth-order valence-corrected chi connectivity index (χ4v) is 2.79. The zero-order chi connectivity index (χ0) is 19.8. The van der Waals surface area contributed by atoms with Crippen LogP contribution in [0.1, 0.15) is 25.0 Å². The molecule has 0 bridgehead atoms. The molecule has 3 aromatic rings. The van der Waals surface area contributed by atoms with Gasteiger partial charge in [0.25, 0.3) is 5.84 Å². The number of anilines is 1. The van der Waals surface area contributed by atoms with E-state index in [9.17, 15) is 0 Å². The van der Waals surface area contributed by atoms with Gasteiger partial charge in [-0.05, 0) is 81.4 Å². The number of hydrogen-bond donors (Lipinski definition) is 2. The van der Waals surface area contributed by atoms with Gasteiger partial charge in [-0.15, -0.1) is 0 Å². The van der Waals surface area contributed by atoms with E-state index in [4.69, 9.17) is 9.47 Å². The molecule has 0 aliphatic heterocycles.